The van der Waals surface area contributed by atoms with Crippen LogP contribution in [0.3, 0.4) is 0 Å². The van der Waals surface area contributed by atoms with Crippen LogP contribution in [0.5, 0.6) is 0 Å². The summed E-state index contributed by atoms with van der Waals surface area (Å²) in [5.41, 5.74) is 0. The first-order chi connectivity index (χ1) is 12.2. The van der Waals surface area contributed by atoms with Gasteiger partial charge in [-0.3, -0.25) is 4.79 Å². The number of esters is 1. The zero-order valence-corrected chi connectivity index (χ0v) is 16.0. The summed E-state index contributed by atoms with van der Waals surface area (Å²) in [7, 11) is 0. The smallest absolute Gasteiger partial charge is 0.302 e. The highest BCUT2D eigenvalue weighted by molar-refractivity contribution is 6.21. The molecule has 0 aliphatic carbocycles. The molecule has 2 aliphatic heterocycles. The minimum atomic E-state index is -1.93. The molecule has 2 saturated heterocycles. The maximum atomic E-state index is 11.0. The van der Waals surface area contributed by atoms with Crippen molar-refractivity contribution in [1.29, 1.82) is 0 Å². The Morgan fingerprint density at radius 3 is 2.27 bits per heavy atom. The summed E-state index contributed by atoms with van der Waals surface area (Å²) in [6.07, 6.45) is -9.58. The Kier molecular flexibility index (Phi) is 7.77. The standard InChI is InChI=1S/C14H21Cl3O9/c1-5(18)23-3-7-8(17)10(20)11(21)13(24-7)26-14(4-16)12(22)9(19)6(2-15)25-14/h6-13,19-22H,2-4H2,1H3. The topological polar surface area (TPSA) is 135 Å². The molecule has 0 spiro atoms. The van der Waals surface area contributed by atoms with Crippen LogP contribution in [0.15, 0.2) is 0 Å². The fourth-order valence-corrected chi connectivity index (χ4v) is 3.55. The second kappa shape index (κ2) is 9.04. The lowest BCUT2D eigenvalue weighted by atomic mass is 10.0. The molecule has 0 aromatic carbocycles. The van der Waals surface area contributed by atoms with Crippen molar-refractivity contribution in [3.05, 3.63) is 0 Å². The largest absolute Gasteiger partial charge is 0.463 e. The maximum absolute atomic E-state index is 11.0. The van der Waals surface area contributed by atoms with Gasteiger partial charge in [-0.2, -0.15) is 0 Å². The molecule has 2 heterocycles. The average molecular weight is 440 g/mol. The van der Waals surface area contributed by atoms with Gasteiger partial charge < -0.3 is 39.4 Å². The first-order valence-electron chi connectivity index (χ1n) is 7.79. The van der Waals surface area contributed by atoms with Crippen molar-refractivity contribution in [1.82, 2.24) is 0 Å². The van der Waals surface area contributed by atoms with Gasteiger partial charge in [0.15, 0.2) is 6.29 Å². The lowest BCUT2D eigenvalue weighted by Gasteiger charge is -2.43. The molecule has 0 saturated carbocycles. The third-order valence-electron chi connectivity index (χ3n) is 4.23. The minimum Gasteiger partial charge on any atom is -0.463 e. The molecule has 2 fully saturated rings. The summed E-state index contributed by atoms with van der Waals surface area (Å²) >= 11 is 17.6. The summed E-state index contributed by atoms with van der Waals surface area (Å²) < 4.78 is 21.2. The van der Waals surface area contributed by atoms with Crippen LogP contribution in [0.1, 0.15) is 6.92 Å². The quantitative estimate of drug-likeness (QED) is 0.301. The summed E-state index contributed by atoms with van der Waals surface area (Å²) in [6.45, 7) is 0.890. The molecule has 9 unspecified atom stereocenters. The molecule has 2 aliphatic rings. The van der Waals surface area contributed by atoms with Crippen molar-refractivity contribution in [2.75, 3.05) is 18.4 Å². The molecule has 26 heavy (non-hydrogen) atoms. The van der Waals surface area contributed by atoms with Crippen LogP contribution in [0.25, 0.3) is 0 Å². The van der Waals surface area contributed by atoms with Crippen molar-refractivity contribution in [2.24, 2.45) is 0 Å². The summed E-state index contributed by atoms with van der Waals surface area (Å²) in [4.78, 5) is 11.0. The van der Waals surface area contributed by atoms with Gasteiger partial charge in [0.05, 0.1) is 17.1 Å². The summed E-state index contributed by atoms with van der Waals surface area (Å²) in [5, 5.41) is 39.4. The number of aliphatic hydroxyl groups excluding tert-OH is 4. The SMILES string of the molecule is CC(=O)OCC1OC(OC2(CCl)OC(CCl)C(O)C2O)C(O)C(O)C1Cl. The van der Waals surface area contributed by atoms with Crippen molar-refractivity contribution in [3.8, 4) is 0 Å². The number of aliphatic hydroxyl groups is 4. The van der Waals surface area contributed by atoms with Crippen molar-refractivity contribution in [2.45, 2.75) is 61.0 Å². The molecule has 12 heteroatoms. The van der Waals surface area contributed by atoms with Crippen LogP contribution in [-0.2, 0) is 23.7 Å². The Labute approximate surface area is 164 Å². The number of carbonyl (C=O) groups is 1. The van der Waals surface area contributed by atoms with Gasteiger partial charge in [0.1, 0.15) is 43.2 Å². The number of alkyl halides is 3. The lowest BCUT2D eigenvalue weighted by Crippen LogP contribution is -2.61. The predicted molar refractivity (Wildman–Crippen MR) is 89.1 cm³/mol. The van der Waals surface area contributed by atoms with E-state index < -0.39 is 65.9 Å². The van der Waals surface area contributed by atoms with Crippen molar-refractivity contribution < 1.29 is 44.2 Å². The number of hydrogen-bond acceptors (Lipinski definition) is 9. The van der Waals surface area contributed by atoms with E-state index in [0.717, 1.165) is 0 Å². The number of hydrogen-bond donors (Lipinski definition) is 4. The van der Waals surface area contributed by atoms with E-state index in [1.165, 1.54) is 6.92 Å². The number of carbonyl (C=O) groups excluding carboxylic acids is 1. The second-order valence-electron chi connectivity index (χ2n) is 6.08. The van der Waals surface area contributed by atoms with Gasteiger partial charge in [0.2, 0.25) is 5.79 Å². The van der Waals surface area contributed by atoms with Crippen molar-refractivity contribution >= 4 is 40.8 Å². The van der Waals surface area contributed by atoms with E-state index in [-0.39, 0.29) is 12.5 Å². The van der Waals surface area contributed by atoms with Gasteiger partial charge in [-0.15, -0.1) is 34.8 Å². The molecule has 2 rings (SSSR count). The van der Waals surface area contributed by atoms with Crippen LogP contribution in [0.4, 0.5) is 0 Å². The third kappa shape index (κ3) is 4.38. The molecular formula is C14H21Cl3O9. The zero-order chi connectivity index (χ0) is 19.6. The molecule has 4 N–H and O–H groups in total. The van der Waals surface area contributed by atoms with E-state index in [1.807, 2.05) is 0 Å². The van der Waals surface area contributed by atoms with Gasteiger partial charge in [0.25, 0.3) is 0 Å². The van der Waals surface area contributed by atoms with Crippen LogP contribution in [0, 0.1) is 0 Å². The number of rotatable bonds is 6. The Morgan fingerprint density at radius 1 is 1.12 bits per heavy atom. The normalized spacial score (nSPS) is 46.3. The molecule has 0 aromatic heterocycles. The lowest BCUT2D eigenvalue weighted by molar-refractivity contribution is -0.357. The summed E-state index contributed by atoms with van der Waals surface area (Å²) in [5.74, 6) is -3.09. The molecular weight excluding hydrogens is 419 g/mol. The van der Waals surface area contributed by atoms with Gasteiger partial charge in [-0.25, -0.2) is 0 Å². The van der Waals surface area contributed by atoms with Gasteiger partial charge in [0, 0.05) is 6.92 Å². The monoisotopic (exact) mass is 438 g/mol. The molecule has 0 amide bonds. The van der Waals surface area contributed by atoms with E-state index in [0.29, 0.717) is 0 Å². The molecule has 0 radical (unpaired) electrons. The van der Waals surface area contributed by atoms with Crippen LogP contribution in [-0.4, -0.2) is 98.8 Å². The van der Waals surface area contributed by atoms with E-state index in [2.05, 4.69) is 0 Å². The molecule has 9 atom stereocenters. The number of halogens is 3. The predicted octanol–water partition coefficient (Wildman–Crippen LogP) is -1.09. The fourth-order valence-electron chi connectivity index (χ4n) is 2.74. The van der Waals surface area contributed by atoms with Gasteiger partial charge in [-0.05, 0) is 0 Å². The Morgan fingerprint density at radius 2 is 1.77 bits per heavy atom. The zero-order valence-electron chi connectivity index (χ0n) is 13.7. The highest BCUT2D eigenvalue weighted by atomic mass is 35.5. The van der Waals surface area contributed by atoms with Crippen LogP contribution >= 0.6 is 34.8 Å². The Balaban J connectivity index is 2.16. The first kappa shape index (κ1) is 22.4. The van der Waals surface area contributed by atoms with Crippen molar-refractivity contribution in [3.63, 3.8) is 0 Å². The molecule has 0 aromatic rings. The average Bonchev–Trinajstić information content (AvgIpc) is 2.86. The van der Waals surface area contributed by atoms with Gasteiger partial charge in [-0.1, -0.05) is 0 Å². The fraction of sp³-hybridized carbons (Fsp3) is 0.929. The van der Waals surface area contributed by atoms with Crippen LogP contribution in [0.2, 0.25) is 0 Å². The number of ether oxygens (including phenoxy) is 4. The van der Waals surface area contributed by atoms with E-state index >= 15 is 0 Å². The highest BCUT2D eigenvalue weighted by Gasteiger charge is 2.58. The summed E-state index contributed by atoms with van der Waals surface area (Å²) in [6, 6.07) is 0. The molecule has 9 nitrogen and oxygen atoms in total. The second-order valence-corrected chi connectivity index (χ2v) is 7.16. The molecule has 152 valence electrons. The minimum absolute atomic E-state index is 0.143. The maximum Gasteiger partial charge on any atom is 0.302 e. The van der Waals surface area contributed by atoms with Crippen LogP contribution < -0.4 is 0 Å². The van der Waals surface area contributed by atoms with Gasteiger partial charge >= 0.3 is 5.97 Å². The highest BCUT2D eigenvalue weighted by Crippen LogP contribution is 2.38. The first-order valence-corrected chi connectivity index (χ1v) is 9.30. The Hall–Kier alpha value is 0.0600. The van der Waals surface area contributed by atoms with E-state index in [4.69, 9.17) is 53.8 Å². The third-order valence-corrected chi connectivity index (χ3v) is 5.45. The molecule has 0 bridgehead atoms. The van der Waals surface area contributed by atoms with E-state index in [1.54, 1.807) is 0 Å². The Bertz CT molecular complexity index is 498. The van der Waals surface area contributed by atoms with E-state index in [9.17, 15) is 25.2 Å².